The van der Waals surface area contributed by atoms with E-state index in [0.29, 0.717) is 42.4 Å². The number of Topliss-reactive ketones (excluding diaryl/α,β-unsaturated/α-hetero) is 1. The van der Waals surface area contributed by atoms with Crippen LogP contribution in [0.15, 0.2) is 36.7 Å². The molecule has 0 amide bonds. The van der Waals surface area contributed by atoms with Gasteiger partial charge in [-0.1, -0.05) is 0 Å². The van der Waals surface area contributed by atoms with Gasteiger partial charge in [-0.2, -0.15) is 5.10 Å². The first kappa shape index (κ1) is 19.8. The fourth-order valence-corrected chi connectivity index (χ4v) is 3.55. The molecule has 0 fully saturated rings. The molecule has 0 saturated heterocycles. The van der Waals surface area contributed by atoms with Crippen LogP contribution in [-0.2, 0) is 11.3 Å². The Morgan fingerprint density at radius 2 is 1.90 bits per heavy atom. The summed E-state index contributed by atoms with van der Waals surface area (Å²) in [5.74, 6) is 0.564. The van der Waals surface area contributed by atoms with E-state index < -0.39 is 5.97 Å². The number of carbonyl (C=O) groups is 2. The van der Waals surface area contributed by atoms with E-state index in [1.807, 2.05) is 43.5 Å². The molecule has 0 saturated carbocycles. The Balaban J connectivity index is 1.51. The Labute approximate surface area is 174 Å². The highest BCUT2D eigenvalue weighted by molar-refractivity contribution is 6.00. The van der Waals surface area contributed by atoms with Crippen LogP contribution in [0.5, 0.6) is 11.5 Å². The second-order valence-electron chi connectivity index (χ2n) is 7.03. The van der Waals surface area contributed by atoms with Crippen molar-refractivity contribution in [3.63, 3.8) is 0 Å². The number of benzene rings is 1. The van der Waals surface area contributed by atoms with Crippen molar-refractivity contribution in [1.82, 2.24) is 14.3 Å². The van der Waals surface area contributed by atoms with Gasteiger partial charge in [0.1, 0.15) is 13.2 Å². The lowest BCUT2D eigenvalue weighted by Crippen LogP contribution is -2.16. The van der Waals surface area contributed by atoms with Gasteiger partial charge in [-0.05, 0) is 39.0 Å². The molecule has 0 radical (unpaired) electrons. The molecule has 156 valence electrons. The molecule has 1 aromatic carbocycles. The zero-order valence-corrected chi connectivity index (χ0v) is 17.2. The van der Waals surface area contributed by atoms with Crippen molar-refractivity contribution >= 4 is 11.8 Å². The first-order valence-corrected chi connectivity index (χ1v) is 9.79. The molecule has 0 atom stereocenters. The van der Waals surface area contributed by atoms with Gasteiger partial charge in [0.25, 0.3) is 0 Å². The molecule has 0 spiro atoms. The number of aryl methyl sites for hydroxylation is 2. The summed E-state index contributed by atoms with van der Waals surface area (Å²) in [7, 11) is 0. The second-order valence-corrected chi connectivity index (χ2v) is 7.03. The molecule has 0 bridgehead atoms. The molecule has 3 heterocycles. The van der Waals surface area contributed by atoms with E-state index in [0.717, 1.165) is 17.1 Å². The Morgan fingerprint density at radius 3 is 2.63 bits per heavy atom. The summed E-state index contributed by atoms with van der Waals surface area (Å²) < 4.78 is 20.0. The van der Waals surface area contributed by atoms with Gasteiger partial charge in [-0.3, -0.25) is 9.48 Å². The Kier molecular flexibility index (Phi) is 5.31. The largest absolute Gasteiger partial charge is 0.486 e. The number of ether oxygens (including phenoxy) is 3. The van der Waals surface area contributed by atoms with Crippen molar-refractivity contribution in [2.45, 2.75) is 27.3 Å². The van der Waals surface area contributed by atoms with Crippen LogP contribution in [0.2, 0.25) is 0 Å². The third-order valence-electron chi connectivity index (χ3n) is 5.04. The van der Waals surface area contributed by atoms with Gasteiger partial charge < -0.3 is 18.8 Å². The fraction of sp³-hybridized carbons (Fsp3) is 0.318. The SMILES string of the molecule is CCn1cc(C(=O)OCC(=O)c2cc(C)n(-c3ccc4c(c3)OCCO4)c2C)cn1. The van der Waals surface area contributed by atoms with Crippen molar-refractivity contribution in [1.29, 1.82) is 0 Å². The maximum atomic E-state index is 12.7. The van der Waals surface area contributed by atoms with Crippen molar-refractivity contribution in [2.75, 3.05) is 19.8 Å². The molecule has 8 heteroatoms. The van der Waals surface area contributed by atoms with Crippen LogP contribution >= 0.6 is 0 Å². The first-order valence-electron chi connectivity index (χ1n) is 9.79. The minimum atomic E-state index is -0.566. The zero-order chi connectivity index (χ0) is 21.3. The number of rotatable bonds is 6. The number of hydrogen-bond acceptors (Lipinski definition) is 6. The van der Waals surface area contributed by atoms with E-state index in [9.17, 15) is 9.59 Å². The molecule has 1 aliphatic heterocycles. The van der Waals surface area contributed by atoms with Gasteiger partial charge in [0.2, 0.25) is 5.78 Å². The normalized spacial score (nSPS) is 12.6. The summed E-state index contributed by atoms with van der Waals surface area (Å²) in [6.07, 6.45) is 3.03. The molecule has 1 aliphatic rings. The monoisotopic (exact) mass is 409 g/mol. The molecule has 30 heavy (non-hydrogen) atoms. The molecule has 2 aromatic heterocycles. The second kappa shape index (κ2) is 8.06. The summed E-state index contributed by atoms with van der Waals surface area (Å²) in [6, 6.07) is 7.49. The lowest BCUT2D eigenvalue weighted by atomic mass is 10.1. The lowest BCUT2D eigenvalue weighted by molar-refractivity contribution is 0.0474. The van der Waals surface area contributed by atoms with Crippen LogP contribution in [0, 0.1) is 13.8 Å². The van der Waals surface area contributed by atoms with Gasteiger partial charge in [-0.15, -0.1) is 0 Å². The summed E-state index contributed by atoms with van der Waals surface area (Å²) in [5.41, 5.74) is 3.37. The Hall–Kier alpha value is -3.55. The van der Waals surface area contributed by atoms with Crippen LogP contribution in [0.1, 0.15) is 39.0 Å². The molecule has 4 rings (SSSR count). The predicted octanol–water partition coefficient (Wildman–Crippen LogP) is 3.12. The number of nitrogens with zero attached hydrogens (tertiary/aromatic N) is 3. The number of ketones is 1. The van der Waals surface area contributed by atoms with E-state index in [2.05, 4.69) is 5.10 Å². The average molecular weight is 409 g/mol. The number of aromatic nitrogens is 3. The zero-order valence-electron chi connectivity index (χ0n) is 17.2. The molecule has 3 aromatic rings. The highest BCUT2D eigenvalue weighted by Gasteiger charge is 2.20. The maximum Gasteiger partial charge on any atom is 0.341 e. The van der Waals surface area contributed by atoms with Crippen molar-refractivity contribution in [3.05, 3.63) is 59.2 Å². The van der Waals surface area contributed by atoms with Crippen molar-refractivity contribution < 1.29 is 23.8 Å². The first-order chi connectivity index (χ1) is 14.5. The number of hydrogen-bond donors (Lipinski definition) is 0. The average Bonchev–Trinajstić information content (AvgIpc) is 3.36. The number of carbonyl (C=O) groups excluding carboxylic acids is 2. The number of fused-ring (bicyclic) bond motifs is 1. The van der Waals surface area contributed by atoms with Gasteiger partial charge in [0.05, 0.1) is 11.8 Å². The highest BCUT2D eigenvalue weighted by atomic mass is 16.6. The lowest BCUT2D eigenvalue weighted by Gasteiger charge is -2.20. The molecular weight excluding hydrogens is 386 g/mol. The quantitative estimate of drug-likeness (QED) is 0.459. The van der Waals surface area contributed by atoms with Crippen LogP contribution in [0.4, 0.5) is 0 Å². The van der Waals surface area contributed by atoms with Gasteiger partial charge >= 0.3 is 5.97 Å². The van der Waals surface area contributed by atoms with E-state index in [-0.39, 0.29) is 12.4 Å². The molecule has 0 N–H and O–H groups in total. The Bertz CT molecular complexity index is 1110. The fourth-order valence-electron chi connectivity index (χ4n) is 3.55. The third-order valence-corrected chi connectivity index (χ3v) is 5.04. The van der Waals surface area contributed by atoms with Gasteiger partial charge in [0.15, 0.2) is 18.1 Å². The minimum Gasteiger partial charge on any atom is -0.486 e. The maximum absolute atomic E-state index is 12.7. The molecular formula is C22H23N3O5. The molecule has 0 aliphatic carbocycles. The van der Waals surface area contributed by atoms with Crippen molar-refractivity contribution in [2.24, 2.45) is 0 Å². The summed E-state index contributed by atoms with van der Waals surface area (Å²) >= 11 is 0. The predicted molar refractivity (Wildman–Crippen MR) is 109 cm³/mol. The number of esters is 1. The standard InChI is InChI=1S/C22H23N3O5/c1-4-24-12-16(11-23-24)22(27)30-13-19(26)18-9-14(2)25(15(18)3)17-5-6-20-21(10-17)29-8-7-28-20/h5-6,9-12H,4,7-8,13H2,1-3H3. The molecule has 0 unspecified atom stereocenters. The van der Waals surface area contributed by atoms with E-state index in [4.69, 9.17) is 14.2 Å². The van der Waals surface area contributed by atoms with E-state index in [1.54, 1.807) is 16.9 Å². The van der Waals surface area contributed by atoms with Crippen LogP contribution in [-0.4, -0.2) is 45.9 Å². The topological polar surface area (TPSA) is 84.6 Å². The smallest absolute Gasteiger partial charge is 0.341 e. The van der Waals surface area contributed by atoms with Crippen LogP contribution in [0.3, 0.4) is 0 Å². The van der Waals surface area contributed by atoms with E-state index >= 15 is 0 Å². The Morgan fingerprint density at radius 1 is 1.13 bits per heavy atom. The summed E-state index contributed by atoms with van der Waals surface area (Å²) in [6.45, 7) is 7.06. The minimum absolute atomic E-state index is 0.261. The van der Waals surface area contributed by atoms with Crippen LogP contribution < -0.4 is 9.47 Å². The summed E-state index contributed by atoms with van der Waals surface area (Å²) in [5, 5.41) is 4.04. The van der Waals surface area contributed by atoms with Gasteiger partial charge in [-0.25, -0.2) is 4.79 Å². The van der Waals surface area contributed by atoms with Crippen molar-refractivity contribution in [3.8, 4) is 17.2 Å². The van der Waals surface area contributed by atoms with Gasteiger partial charge in [0, 0.05) is 41.4 Å². The third kappa shape index (κ3) is 3.68. The van der Waals surface area contributed by atoms with E-state index in [1.165, 1.54) is 6.20 Å². The molecule has 8 nitrogen and oxygen atoms in total. The summed E-state index contributed by atoms with van der Waals surface area (Å²) in [4.78, 5) is 24.9. The van der Waals surface area contributed by atoms with Crippen LogP contribution in [0.25, 0.3) is 5.69 Å². The highest BCUT2D eigenvalue weighted by Crippen LogP contribution is 2.33.